The summed E-state index contributed by atoms with van der Waals surface area (Å²) in [5, 5.41) is 10.9. The summed E-state index contributed by atoms with van der Waals surface area (Å²) < 4.78 is 1.51. The van der Waals surface area contributed by atoms with Crippen molar-refractivity contribution in [2.24, 2.45) is 0 Å². The van der Waals surface area contributed by atoms with Gasteiger partial charge in [-0.25, -0.2) is 4.98 Å². The van der Waals surface area contributed by atoms with Crippen molar-refractivity contribution >= 4 is 34.3 Å². The van der Waals surface area contributed by atoms with Crippen LogP contribution in [0.1, 0.15) is 11.1 Å². The van der Waals surface area contributed by atoms with Gasteiger partial charge < -0.3 is 0 Å². The summed E-state index contributed by atoms with van der Waals surface area (Å²) in [4.78, 5) is 21.7. The molecule has 0 amide bonds. The predicted molar refractivity (Wildman–Crippen MR) is 110 cm³/mol. The van der Waals surface area contributed by atoms with E-state index in [1.807, 2.05) is 6.07 Å². The Kier molecular flexibility index (Phi) is 4.71. The first-order valence-corrected chi connectivity index (χ1v) is 8.84. The van der Waals surface area contributed by atoms with Crippen molar-refractivity contribution in [2.45, 2.75) is 0 Å². The first kappa shape index (κ1) is 17.7. The molecule has 6 heteroatoms. The fourth-order valence-electron chi connectivity index (χ4n) is 2.98. The van der Waals surface area contributed by atoms with Gasteiger partial charge in [0.2, 0.25) is 0 Å². The molecule has 0 N–H and O–H groups in total. The maximum absolute atomic E-state index is 13.3. The lowest BCUT2D eigenvalue weighted by Gasteiger charge is -2.11. The van der Waals surface area contributed by atoms with E-state index in [2.05, 4.69) is 16.0 Å². The number of hydrogen-bond acceptors (Lipinski definition) is 4. The Morgan fingerprint density at radius 1 is 1.11 bits per heavy atom. The van der Waals surface area contributed by atoms with Crippen LogP contribution in [-0.2, 0) is 0 Å². The first-order chi connectivity index (χ1) is 13.7. The second-order valence-electron chi connectivity index (χ2n) is 6.05. The highest BCUT2D eigenvalue weighted by molar-refractivity contribution is 6.30. The zero-order valence-corrected chi connectivity index (χ0v) is 15.3. The van der Waals surface area contributed by atoms with E-state index in [0.29, 0.717) is 33.1 Å². The van der Waals surface area contributed by atoms with E-state index in [0.717, 1.165) is 5.39 Å². The molecule has 4 rings (SSSR count). The zero-order chi connectivity index (χ0) is 19.5. The van der Waals surface area contributed by atoms with Crippen molar-refractivity contribution < 1.29 is 0 Å². The quantitative estimate of drug-likeness (QED) is 0.487. The van der Waals surface area contributed by atoms with Crippen molar-refractivity contribution in [1.29, 1.82) is 5.26 Å². The Labute approximate surface area is 165 Å². The van der Waals surface area contributed by atoms with Crippen LogP contribution in [0.25, 0.3) is 28.4 Å². The number of allylic oxidation sites excluding steroid dienone is 1. The average molecular weight is 385 g/mol. The summed E-state index contributed by atoms with van der Waals surface area (Å²) in [6, 6.07) is 18.1. The van der Waals surface area contributed by atoms with Crippen molar-refractivity contribution in [2.75, 3.05) is 0 Å². The lowest BCUT2D eigenvalue weighted by atomic mass is 10.1. The van der Waals surface area contributed by atoms with Gasteiger partial charge in [-0.05, 0) is 48.5 Å². The lowest BCUT2D eigenvalue weighted by molar-refractivity contribution is 1.01. The van der Waals surface area contributed by atoms with Gasteiger partial charge in [-0.1, -0.05) is 23.7 Å². The molecular weight excluding hydrogens is 372 g/mol. The van der Waals surface area contributed by atoms with Crippen LogP contribution in [0.2, 0.25) is 5.02 Å². The van der Waals surface area contributed by atoms with E-state index in [-0.39, 0.29) is 5.56 Å². The third-order valence-corrected chi connectivity index (χ3v) is 4.48. The number of nitrogens with zero attached hydrogens (tertiary/aromatic N) is 4. The van der Waals surface area contributed by atoms with Gasteiger partial charge in [0.25, 0.3) is 5.56 Å². The van der Waals surface area contributed by atoms with Gasteiger partial charge in [0.1, 0.15) is 5.65 Å². The summed E-state index contributed by atoms with van der Waals surface area (Å²) in [7, 11) is 0. The third-order valence-electron chi connectivity index (χ3n) is 4.25. The maximum atomic E-state index is 13.3. The second-order valence-corrected chi connectivity index (χ2v) is 6.48. The molecule has 0 aliphatic rings. The number of benzene rings is 1. The second kappa shape index (κ2) is 7.47. The van der Waals surface area contributed by atoms with Gasteiger partial charge in [0, 0.05) is 40.1 Å². The number of hydrogen-bond donors (Lipinski definition) is 0. The Bertz CT molecular complexity index is 1300. The lowest BCUT2D eigenvalue weighted by Crippen LogP contribution is -2.21. The molecule has 0 radical (unpaired) electrons. The number of pyridine rings is 3. The van der Waals surface area contributed by atoms with Crippen LogP contribution in [0.5, 0.6) is 0 Å². The molecule has 3 aromatic heterocycles. The normalized spacial score (nSPS) is 11.4. The van der Waals surface area contributed by atoms with Crippen molar-refractivity contribution in [3.8, 4) is 11.8 Å². The minimum atomic E-state index is -0.287. The van der Waals surface area contributed by atoms with Gasteiger partial charge in [-0.15, -0.1) is 0 Å². The van der Waals surface area contributed by atoms with Crippen LogP contribution in [0.4, 0.5) is 0 Å². The first-order valence-electron chi connectivity index (χ1n) is 8.46. The van der Waals surface area contributed by atoms with E-state index in [4.69, 9.17) is 11.6 Å². The fourth-order valence-corrected chi connectivity index (χ4v) is 3.16. The number of rotatable bonds is 3. The average Bonchev–Trinajstić information content (AvgIpc) is 2.73. The van der Waals surface area contributed by atoms with E-state index in [1.54, 1.807) is 73.2 Å². The zero-order valence-electron chi connectivity index (χ0n) is 14.6. The summed E-state index contributed by atoms with van der Waals surface area (Å²) >= 11 is 6.13. The third kappa shape index (κ3) is 3.29. The summed E-state index contributed by atoms with van der Waals surface area (Å²) in [6.07, 6.45) is 6.43. The number of fused-ring (bicyclic) bond motifs is 1. The van der Waals surface area contributed by atoms with Crippen molar-refractivity contribution in [3.05, 3.63) is 99.7 Å². The van der Waals surface area contributed by atoms with Gasteiger partial charge in [-0.3, -0.25) is 14.3 Å². The van der Waals surface area contributed by atoms with Crippen LogP contribution >= 0.6 is 11.6 Å². The standard InChI is InChI=1S/C22H13ClN4O/c23-19-6-1-7-20(12-19)27-21-15(4-3-9-26-21)10-17(22(27)28)11-18(13-24)16-5-2-8-25-14-16/h1-12,14H/b18-11-. The van der Waals surface area contributed by atoms with E-state index in [1.165, 1.54) is 4.57 Å². The van der Waals surface area contributed by atoms with Crippen molar-refractivity contribution in [3.63, 3.8) is 0 Å². The molecule has 0 spiro atoms. The summed E-state index contributed by atoms with van der Waals surface area (Å²) in [6.45, 7) is 0. The molecule has 134 valence electrons. The number of aromatic nitrogens is 3. The topological polar surface area (TPSA) is 71.6 Å². The summed E-state index contributed by atoms with van der Waals surface area (Å²) in [5.41, 5.74) is 2.21. The minimum absolute atomic E-state index is 0.287. The van der Waals surface area contributed by atoms with E-state index in [9.17, 15) is 10.1 Å². The van der Waals surface area contributed by atoms with Gasteiger partial charge in [0.05, 0.1) is 17.3 Å². The molecule has 0 fully saturated rings. The predicted octanol–water partition coefficient (Wildman–Crippen LogP) is 4.50. The van der Waals surface area contributed by atoms with Crippen LogP contribution in [0.3, 0.4) is 0 Å². The molecule has 4 aromatic rings. The molecular formula is C22H13ClN4O. The van der Waals surface area contributed by atoms with Crippen molar-refractivity contribution in [1.82, 2.24) is 14.5 Å². The highest BCUT2D eigenvalue weighted by Crippen LogP contribution is 2.21. The maximum Gasteiger partial charge on any atom is 0.264 e. The van der Waals surface area contributed by atoms with Gasteiger partial charge in [0.15, 0.2) is 0 Å². The molecule has 3 heterocycles. The Balaban J connectivity index is 2.01. The van der Waals surface area contributed by atoms with Gasteiger partial charge in [-0.2, -0.15) is 5.26 Å². The molecule has 0 aliphatic carbocycles. The highest BCUT2D eigenvalue weighted by atomic mass is 35.5. The molecule has 0 bridgehead atoms. The molecule has 0 aliphatic heterocycles. The summed E-state index contributed by atoms with van der Waals surface area (Å²) in [5.74, 6) is 0. The molecule has 0 saturated carbocycles. The molecule has 0 atom stereocenters. The van der Waals surface area contributed by atoms with E-state index >= 15 is 0 Å². The highest BCUT2D eigenvalue weighted by Gasteiger charge is 2.12. The Morgan fingerprint density at radius 2 is 1.96 bits per heavy atom. The van der Waals surface area contributed by atoms with Crippen LogP contribution in [0.15, 0.2) is 78.0 Å². The fraction of sp³-hybridized carbons (Fsp3) is 0. The molecule has 0 saturated heterocycles. The largest absolute Gasteiger partial charge is 0.268 e. The molecule has 1 aromatic carbocycles. The van der Waals surface area contributed by atoms with Crippen LogP contribution in [-0.4, -0.2) is 14.5 Å². The minimum Gasteiger partial charge on any atom is -0.268 e. The van der Waals surface area contributed by atoms with Crippen LogP contribution in [0, 0.1) is 11.3 Å². The Hall–Kier alpha value is -3.75. The Morgan fingerprint density at radius 3 is 2.71 bits per heavy atom. The molecule has 28 heavy (non-hydrogen) atoms. The van der Waals surface area contributed by atoms with Gasteiger partial charge >= 0.3 is 0 Å². The number of nitriles is 1. The number of halogens is 1. The smallest absolute Gasteiger partial charge is 0.264 e. The monoisotopic (exact) mass is 384 g/mol. The molecule has 0 unspecified atom stereocenters. The van der Waals surface area contributed by atoms with Crippen LogP contribution < -0.4 is 5.56 Å². The SMILES string of the molecule is N#C/C(=C/c1cc2cccnc2n(-c2cccc(Cl)c2)c1=O)c1cccnc1. The van der Waals surface area contributed by atoms with E-state index < -0.39 is 0 Å². The molecule has 5 nitrogen and oxygen atoms in total.